The van der Waals surface area contributed by atoms with Crippen molar-refractivity contribution in [3.8, 4) is 17.3 Å². The molecule has 3 heterocycles. The van der Waals surface area contributed by atoms with Crippen LogP contribution in [-0.4, -0.2) is 30.0 Å². The topological polar surface area (TPSA) is 108 Å². The molecular formula is C17H12N8. The lowest BCUT2D eigenvalue weighted by atomic mass is 10.1. The number of fused-ring (bicyclic) bond motifs is 1. The molecule has 120 valence electrons. The Morgan fingerprint density at radius 1 is 1.24 bits per heavy atom. The summed E-state index contributed by atoms with van der Waals surface area (Å²) in [6.07, 6.45) is 5.48. The summed E-state index contributed by atoms with van der Waals surface area (Å²) in [7, 11) is 0. The number of allylic oxidation sites excluding steroid dienone is 1. The van der Waals surface area contributed by atoms with Crippen molar-refractivity contribution in [3.63, 3.8) is 0 Å². The van der Waals surface area contributed by atoms with Gasteiger partial charge in [-0.05, 0) is 29.5 Å². The fourth-order valence-corrected chi connectivity index (χ4v) is 2.42. The third-order valence-electron chi connectivity index (χ3n) is 3.61. The highest BCUT2D eigenvalue weighted by Gasteiger charge is 2.07. The molecule has 2 N–H and O–H groups in total. The van der Waals surface area contributed by atoms with Gasteiger partial charge < -0.3 is 9.72 Å². The molecule has 0 saturated carbocycles. The van der Waals surface area contributed by atoms with Crippen molar-refractivity contribution in [3.05, 3.63) is 66.9 Å². The molecule has 25 heavy (non-hydrogen) atoms. The van der Waals surface area contributed by atoms with E-state index < -0.39 is 0 Å². The normalized spacial score (nSPS) is 11.4. The van der Waals surface area contributed by atoms with Crippen molar-refractivity contribution < 1.29 is 0 Å². The van der Waals surface area contributed by atoms with Crippen LogP contribution < -0.4 is 5.32 Å². The molecule has 4 rings (SSSR count). The average Bonchev–Trinajstić information content (AvgIpc) is 3.32. The van der Waals surface area contributed by atoms with E-state index in [1.165, 1.54) is 0 Å². The van der Waals surface area contributed by atoms with Gasteiger partial charge >= 0.3 is 0 Å². The molecule has 0 bridgehead atoms. The summed E-state index contributed by atoms with van der Waals surface area (Å²) in [5.74, 6) is 0.242. The maximum Gasteiger partial charge on any atom is 0.216 e. The highest BCUT2D eigenvalue weighted by atomic mass is 15.5. The van der Waals surface area contributed by atoms with Crippen molar-refractivity contribution >= 4 is 16.9 Å². The van der Waals surface area contributed by atoms with Gasteiger partial charge in [0.25, 0.3) is 0 Å². The Morgan fingerprint density at radius 3 is 3.00 bits per heavy atom. The van der Waals surface area contributed by atoms with Crippen molar-refractivity contribution in [2.45, 2.75) is 0 Å². The first-order valence-corrected chi connectivity index (χ1v) is 7.48. The van der Waals surface area contributed by atoms with Gasteiger partial charge in [0.05, 0.1) is 5.69 Å². The van der Waals surface area contributed by atoms with Crippen molar-refractivity contribution in [1.29, 1.82) is 5.26 Å². The van der Waals surface area contributed by atoms with Crippen LogP contribution in [0.4, 0.5) is 5.69 Å². The number of hydrogen-bond donors (Lipinski definition) is 2. The fraction of sp³-hybridized carbons (Fsp3) is 0. The van der Waals surface area contributed by atoms with Gasteiger partial charge in [-0.25, -0.2) is 4.98 Å². The predicted molar refractivity (Wildman–Crippen MR) is 92.0 cm³/mol. The van der Waals surface area contributed by atoms with Crippen LogP contribution in [0.15, 0.2) is 61.1 Å². The minimum atomic E-state index is 0.242. The highest BCUT2D eigenvalue weighted by molar-refractivity contribution is 5.75. The van der Waals surface area contributed by atoms with Gasteiger partial charge in [0.15, 0.2) is 0 Å². The largest absolute Gasteiger partial charge is 0.360 e. The molecule has 0 spiro atoms. The van der Waals surface area contributed by atoms with Crippen LogP contribution in [0.2, 0.25) is 0 Å². The molecule has 4 aromatic rings. The maximum absolute atomic E-state index is 9.20. The van der Waals surface area contributed by atoms with Crippen LogP contribution in [0.3, 0.4) is 0 Å². The lowest BCUT2D eigenvalue weighted by Crippen LogP contribution is -1.93. The Balaban J connectivity index is 1.62. The number of anilines is 1. The number of rotatable bonds is 4. The van der Waals surface area contributed by atoms with Crippen LogP contribution >= 0.6 is 0 Å². The van der Waals surface area contributed by atoms with E-state index in [0.717, 1.165) is 22.6 Å². The molecule has 0 aliphatic heterocycles. The zero-order valence-electron chi connectivity index (χ0n) is 13.0. The zero-order chi connectivity index (χ0) is 17.1. The Bertz CT molecular complexity index is 1050. The average molecular weight is 328 g/mol. The second kappa shape index (κ2) is 6.25. The molecule has 0 aliphatic carbocycles. The number of pyridine rings is 1. The SMILES string of the molecule is N#CC(=CNc1cccc(-c2cn3ccccc3n2)c1)c1nn[nH]n1. The van der Waals surface area contributed by atoms with Gasteiger partial charge in [-0.2, -0.15) is 10.5 Å². The summed E-state index contributed by atoms with van der Waals surface area (Å²) in [6, 6.07) is 15.7. The van der Waals surface area contributed by atoms with Gasteiger partial charge in [0.2, 0.25) is 5.82 Å². The van der Waals surface area contributed by atoms with Crippen LogP contribution in [0.1, 0.15) is 5.82 Å². The third-order valence-corrected chi connectivity index (χ3v) is 3.61. The monoisotopic (exact) mass is 328 g/mol. The van der Waals surface area contributed by atoms with Gasteiger partial charge in [0, 0.05) is 29.8 Å². The number of imidazole rings is 1. The second-order valence-electron chi connectivity index (χ2n) is 5.22. The van der Waals surface area contributed by atoms with Crippen LogP contribution in [-0.2, 0) is 0 Å². The van der Waals surface area contributed by atoms with E-state index in [2.05, 4.69) is 30.9 Å². The fourth-order valence-electron chi connectivity index (χ4n) is 2.42. The molecule has 3 aromatic heterocycles. The maximum atomic E-state index is 9.20. The zero-order valence-corrected chi connectivity index (χ0v) is 13.0. The molecule has 0 saturated heterocycles. The number of aromatic nitrogens is 6. The van der Waals surface area contributed by atoms with E-state index >= 15 is 0 Å². The number of nitrogens with one attached hydrogen (secondary N) is 2. The Kier molecular flexibility index (Phi) is 3.65. The van der Waals surface area contributed by atoms with E-state index in [1.807, 2.05) is 65.3 Å². The molecule has 0 radical (unpaired) electrons. The smallest absolute Gasteiger partial charge is 0.216 e. The standard InChI is InChI=1S/C17H12N8/c18-9-13(17-21-23-24-22-17)10-19-14-5-3-4-12(8-14)15-11-25-7-2-1-6-16(25)20-15/h1-8,10-11,19H,(H,21,22,23,24). The molecule has 8 nitrogen and oxygen atoms in total. The first-order chi connectivity index (χ1) is 12.3. The Hall–Kier alpha value is -3.99. The van der Waals surface area contributed by atoms with Gasteiger partial charge in [-0.15, -0.1) is 10.2 Å². The summed E-state index contributed by atoms with van der Waals surface area (Å²) in [5, 5.41) is 25.7. The number of nitrogens with zero attached hydrogens (tertiary/aromatic N) is 6. The van der Waals surface area contributed by atoms with E-state index in [9.17, 15) is 5.26 Å². The van der Waals surface area contributed by atoms with Crippen molar-refractivity contribution in [2.24, 2.45) is 0 Å². The minimum Gasteiger partial charge on any atom is -0.360 e. The van der Waals surface area contributed by atoms with Crippen molar-refractivity contribution in [1.82, 2.24) is 30.0 Å². The highest BCUT2D eigenvalue weighted by Crippen LogP contribution is 2.22. The van der Waals surface area contributed by atoms with E-state index in [4.69, 9.17) is 0 Å². The first-order valence-electron chi connectivity index (χ1n) is 7.48. The molecular weight excluding hydrogens is 316 g/mol. The molecule has 1 aromatic carbocycles. The number of tetrazole rings is 1. The van der Waals surface area contributed by atoms with E-state index in [0.29, 0.717) is 0 Å². The summed E-state index contributed by atoms with van der Waals surface area (Å²) in [5.41, 5.74) is 3.84. The molecule has 0 atom stereocenters. The Labute approximate surface area is 142 Å². The molecule has 0 aliphatic rings. The predicted octanol–water partition coefficient (Wildman–Crippen LogP) is 2.49. The number of aromatic amines is 1. The quantitative estimate of drug-likeness (QED) is 0.557. The Morgan fingerprint density at radius 2 is 2.20 bits per heavy atom. The van der Waals surface area contributed by atoms with Crippen LogP contribution in [0, 0.1) is 11.3 Å². The van der Waals surface area contributed by atoms with Gasteiger partial charge in [-0.3, -0.25) is 0 Å². The van der Waals surface area contributed by atoms with Crippen molar-refractivity contribution in [2.75, 3.05) is 5.32 Å². The first kappa shape index (κ1) is 14.6. The molecule has 0 amide bonds. The minimum absolute atomic E-state index is 0.242. The lowest BCUT2D eigenvalue weighted by molar-refractivity contribution is 0.881. The lowest BCUT2D eigenvalue weighted by Gasteiger charge is -2.03. The van der Waals surface area contributed by atoms with E-state index in [1.54, 1.807) is 6.20 Å². The van der Waals surface area contributed by atoms with E-state index in [-0.39, 0.29) is 11.4 Å². The molecule has 8 heteroatoms. The van der Waals surface area contributed by atoms with Gasteiger partial charge in [-0.1, -0.05) is 18.2 Å². The summed E-state index contributed by atoms with van der Waals surface area (Å²) >= 11 is 0. The molecule has 0 fully saturated rings. The van der Waals surface area contributed by atoms with Crippen LogP contribution in [0.5, 0.6) is 0 Å². The number of H-pyrrole nitrogens is 1. The number of hydrogen-bond acceptors (Lipinski definition) is 6. The van der Waals surface area contributed by atoms with Gasteiger partial charge in [0.1, 0.15) is 17.3 Å². The third kappa shape index (κ3) is 2.94. The summed E-state index contributed by atoms with van der Waals surface area (Å²) in [4.78, 5) is 4.61. The molecule has 0 unspecified atom stereocenters. The number of nitriles is 1. The van der Waals surface area contributed by atoms with Crippen LogP contribution in [0.25, 0.3) is 22.5 Å². The second-order valence-corrected chi connectivity index (χ2v) is 5.22. The summed E-state index contributed by atoms with van der Waals surface area (Å²) < 4.78 is 1.97. The summed E-state index contributed by atoms with van der Waals surface area (Å²) in [6.45, 7) is 0. The number of benzene rings is 1.